The van der Waals surface area contributed by atoms with Gasteiger partial charge in [0.25, 0.3) is 0 Å². The molecule has 10 heavy (non-hydrogen) atoms. The van der Waals surface area contributed by atoms with E-state index in [-0.39, 0.29) is 22.6 Å². The van der Waals surface area contributed by atoms with E-state index in [1.54, 1.807) is 6.92 Å². The molecule has 2 unspecified atom stereocenters. The fraction of sp³-hybridized carbons (Fsp3) is 1.00. The van der Waals surface area contributed by atoms with Gasteiger partial charge in [0, 0.05) is 5.40 Å². The Morgan fingerprint density at radius 2 is 1.20 bits per heavy atom. The summed E-state index contributed by atoms with van der Waals surface area (Å²) >= 11 is 0. The summed E-state index contributed by atoms with van der Waals surface area (Å²) in [7, 11) is -0.0827. The molecule has 0 aliphatic heterocycles. The van der Waals surface area contributed by atoms with Gasteiger partial charge in [0.15, 0.2) is 12.1 Å². The van der Waals surface area contributed by atoms with Crippen molar-refractivity contribution in [2.45, 2.75) is 24.4 Å². The summed E-state index contributed by atoms with van der Waals surface area (Å²) in [6.45, 7) is 1.75. The highest BCUT2D eigenvalue weighted by atomic mass is 31.1. The molecule has 0 aliphatic rings. The predicted octanol–water partition coefficient (Wildman–Crippen LogP) is -0.774. The number of aliphatic hydroxyl groups is 4. The van der Waals surface area contributed by atoms with Crippen LogP contribution in [0, 0.1) is 0 Å². The highest BCUT2D eigenvalue weighted by Gasteiger charge is 2.09. The SMILES string of the molecule is CC(PC(O)O)PC(O)O. The van der Waals surface area contributed by atoms with E-state index >= 15 is 0 Å². The third kappa shape index (κ3) is 6.81. The number of hydrogen-bond acceptors (Lipinski definition) is 4. The molecular formula is C4H12O4P2. The first-order valence-corrected chi connectivity index (χ1v) is 5.07. The standard InChI is InChI=1S/C4H12O4P2/c1-2(9-3(5)6)10-4(7)8/h2-10H,1H3. The quantitative estimate of drug-likeness (QED) is 0.343. The van der Waals surface area contributed by atoms with Crippen LogP contribution in [0.1, 0.15) is 6.92 Å². The van der Waals surface area contributed by atoms with Crippen molar-refractivity contribution in [1.29, 1.82) is 0 Å². The first-order chi connectivity index (χ1) is 4.52. The lowest BCUT2D eigenvalue weighted by Crippen LogP contribution is -2.04. The lowest BCUT2D eigenvalue weighted by Gasteiger charge is -2.13. The first kappa shape index (κ1) is 10.7. The van der Waals surface area contributed by atoms with Crippen molar-refractivity contribution in [3.05, 3.63) is 0 Å². The maximum absolute atomic E-state index is 8.44. The molecule has 0 fully saturated rings. The highest BCUT2D eigenvalue weighted by molar-refractivity contribution is 7.57. The Labute approximate surface area is 62.8 Å². The fourth-order valence-corrected chi connectivity index (χ4v) is 2.67. The van der Waals surface area contributed by atoms with Crippen molar-refractivity contribution in [2.24, 2.45) is 0 Å². The minimum absolute atomic E-state index is 0.0278. The van der Waals surface area contributed by atoms with Gasteiger partial charge in [-0.05, 0) is 0 Å². The molecule has 0 aromatic carbocycles. The Hall–Kier alpha value is 0.700. The maximum Gasteiger partial charge on any atom is 0.168 e. The second kappa shape index (κ2) is 5.36. The van der Waals surface area contributed by atoms with E-state index in [2.05, 4.69) is 0 Å². The largest absolute Gasteiger partial charge is 0.365 e. The monoisotopic (exact) mass is 186 g/mol. The van der Waals surface area contributed by atoms with Crippen molar-refractivity contribution >= 4 is 17.2 Å². The molecule has 0 radical (unpaired) electrons. The molecule has 0 rings (SSSR count). The summed E-state index contributed by atoms with van der Waals surface area (Å²) in [5.41, 5.74) is 0. The van der Waals surface area contributed by atoms with Crippen molar-refractivity contribution in [1.82, 2.24) is 0 Å². The van der Waals surface area contributed by atoms with Gasteiger partial charge in [-0.15, -0.1) is 0 Å². The van der Waals surface area contributed by atoms with Crippen LogP contribution < -0.4 is 0 Å². The highest BCUT2D eigenvalue weighted by Crippen LogP contribution is 2.36. The molecule has 6 heteroatoms. The summed E-state index contributed by atoms with van der Waals surface area (Å²) in [6, 6.07) is -2.64. The first-order valence-electron chi connectivity index (χ1n) is 2.76. The molecule has 2 atom stereocenters. The Morgan fingerprint density at radius 3 is 1.40 bits per heavy atom. The van der Waals surface area contributed by atoms with E-state index in [1.165, 1.54) is 0 Å². The van der Waals surface area contributed by atoms with Crippen molar-refractivity contribution in [2.75, 3.05) is 0 Å². The Morgan fingerprint density at radius 1 is 0.900 bits per heavy atom. The molecule has 0 amide bonds. The zero-order valence-electron chi connectivity index (χ0n) is 5.52. The van der Waals surface area contributed by atoms with Gasteiger partial charge in [-0.25, -0.2) is 0 Å². The number of aliphatic hydroxyl groups excluding tert-OH is 2. The molecule has 0 saturated heterocycles. The topological polar surface area (TPSA) is 80.9 Å². The van der Waals surface area contributed by atoms with Gasteiger partial charge >= 0.3 is 0 Å². The summed E-state index contributed by atoms with van der Waals surface area (Å²) in [5, 5.41) is 33.8. The maximum atomic E-state index is 8.44. The smallest absolute Gasteiger partial charge is 0.168 e. The minimum atomic E-state index is -1.32. The average molecular weight is 186 g/mol. The molecule has 0 aliphatic carbocycles. The Bertz CT molecular complexity index is 77.3. The summed E-state index contributed by atoms with van der Waals surface area (Å²) in [4.78, 5) is 0. The zero-order chi connectivity index (χ0) is 8.15. The Kier molecular flexibility index (Phi) is 5.74. The molecule has 0 aromatic rings. The van der Waals surface area contributed by atoms with Gasteiger partial charge in [-0.1, -0.05) is 24.1 Å². The van der Waals surface area contributed by atoms with E-state index in [1.807, 2.05) is 0 Å². The summed E-state index contributed by atoms with van der Waals surface area (Å²) in [5.74, 6) is 0. The van der Waals surface area contributed by atoms with Crippen LogP contribution in [0.15, 0.2) is 0 Å². The van der Waals surface area contributed by atoms with E-state index in [9.17, 15) is 0 Å². The van der Waals surface area contributed by atoms with Crippen LogP contribution in [0.5, 0.6) is 0 Å². The van der Waals surface area contributed by atoms with Crippen LogP contribution in [0.2, 0.25) is 0 Å². The fourth-order valence-electron chi connectivity index (χ4n) is 0.495. The van der Waals surface area contributed by atoms with Crippen LogP contribution in [0.4, 0.5) is 0 Å². The van der Waals surface area contributed by atoms with Gasteiger partial charge in [0.2, 0.25) is 0 Å². The van der Waals surface area contributed by atoms with Crippen molar-refractivity contribution < 1.29 is 20.4 Å². The minimum Gasteiger partial charge on any atom is -0.365 e. The molecule has 4 nitrogen and oxygen atoms in total. The second-order valence-electron chi connectivity index (χ2n) is 1.80. The van der Waals surface area contributed by atoms with Gasteiger partial charge in [0.05, 0.1) is 0 Å². The van der Waals surface area contributed by atoms with Crippen molar-refractivity contribution in [3.8, 4) is 0 Å². The lowest BCUT2D eigenvalue weighted by atomic mass is 11.0. The number of rotatable bonds is 4. The van der Waals surface area contributed by atoms with Gasteiger partial charge < -0.3 is 20.4 Å². The third-order valence-corrected chi connectivity index (χ3v) is 3.39. The van der Waals surface area contributed by atoms with Crippen LogP contribution in [0.3, 0.4) is 0 Å². The Balaban J connectivity index is 3.34. The van der Waals surface area contributed by atoms with E-state index in [4.69, 9.17) is 20.4 Å². The van der Waals surface area contributed by atoms with E-state index < -0.39 is 12.1 Å². The molecule has 0 heterocycles. The molecule has 0 bridgehead atoms. The molecule has 0 spiro atoms. The molecule has 0 aromatic heterocycles. The lowest BCUT2D eigenvalue weighted by molar-refractivity contribution is 0.0352. The van der Waals surface area contributed by atoms with Crippen LogP contribution in [0.25, 0.3) is 0 Å². The molecule has 0 saturated carbocycles. The zero-order valence-corrected chi connectivity index (χ0v) is 7.52. The summed E-state index contributed by atoms with van der Waals surface area (Å²) < 4.78 is 0. The van der Waals surface area contributed by atoms with Gasteiger partial charge in [0.1, 0.15) is 0 Å². The van der Waals surface area contributed by atoms with Crippen LogP contribution >= 0.6 is 17.2 Å². The van der Waals surface area contributed by atoms with Crippen LogP contribution in [-0.2, 0) is 0 Å². The molecule has 62 valence electrons. The molecule has 4 N–H and O–H groups in total. The van der Waals surface area contributed by atoms with E-state index in [0.717, 1.165) is 0 Å². The third-order valence-electron chi connectivity index (χ3n) is 0.798. The van der Waals surface area contributed by atoms with Gasteiger partial charge in [-0.2, -0.15) is 0 Å². The molecular weight excluding hydrogens is 174 g/mol. The number of hydrogen-bond donors (Lipinski definition) is 4. The van der Waals surface area contributed by atoms with Crippen LogP contribution in [-0.4, -0.2) is 37.9 Å². The summed E-state index contributed by atoms with van der Waals surface area (Å²) in [6.07, 6.45) is 0. The van der Waals surface area contributed by atoms with E-state index in [0.29, 0.717) is 0 Å². The normalized spacial score (nSPS) is 17.1. The van der Waals surface area contributed by atoms with Crippen molar-refractivity contribution in [3.63, 3.8) is 0 Å². The van der Waals surface area contributed by atoms with Gasteiger partial charge in [-0.3, -0.25) is 0 Å². The predicted molar refractivity (Wildman–Crippen MR) is 42.5 cm³/mol. The average Bonchev–Trinajstić information content (AvgIpc) is 1.58. The second-order valence-corrected chi connectivity index (χ2v) is 5.81.